The van der Waals surface area contributed by atoms with E-state index < -0.39 is 17.6 Å². The normalized spacial score (nSPS) is 11.9. The third-order valence-corrected chi connectivity index (χ3v) is 3.43. The number of alkyl halides is 3. The molecule has 0 spiro atoms. The van der Waals surface area contributed by atoms with Crippen LogP contribution in [0.3, 0.4) is 0 Å². The average Bonchev–Trinajstić information content (AvgIpc) is 2.47. The number of hydrogen-bond donors (Lipinski definition) is 0. The van der Waals surface area contributed by atoms with Crippen LogP contribution in [0.15, 0.2) is 24.5 Å². The molecule has 0 aliphatic heterocycles. The lowest BCUT2D eigenvalue weighted by molar-refractivity contribution is -0.137. The van der Waals surface area contributed by atoms with Crippen molar-refractivity contribution in [2.45, 2.75) is 20.0 Å². The van der Waals surface area contributed by atoms with Crippen LogP contribution in [0.4, 0.5) is 17.6 Å². The molecule has 8 heteroatoms. The molecular weight excluding hydrogens is 312 g/mol. The minimum atomic E-state index is -4.61. The predicted octanol–water partition coefficient (Wildman–Crippen LogP) is 3.86. The van der Waals surface area contributed by atoms with E-state index in [1.807, 2.05) is 0 Å². The SMILES string of the molecule is Cc1nc2ncnc(-c3ccc(C(F)(F)F)cc3F)c2nc1C. The maximum absolute atomic E-state index is 14.2. The topological polar surface area (TPSA) is 51.6 Å². The van der Waals surface area contributed by atoms with Gasteiger partial charge >= 0.3 is 6.18 Å². The van der Waals surface area contributed by atoms with Gasteiger partial charge in [-0.3, -0.25) is 0 Å². The molecule has 2 heterocycles. The highest BCUT2D eigenvalue weighted by Crippen LogP contribution is 2.33. The summed E-state index contributed by atoms with van der Waals surface area (Å²) < 4.78 is 52.1. The smallest absolute Gasteiger partial charge is 0.246 e. The van der Waals surface area contributed by atoms with Gasteiger partial charge in [0.05, 0.1) is 17.0 Å². The summed E-state index contributed by atoms with van der Waals surface area (Å²) >= 11 is 0. The van der Waals surface area contributed by atoms with Crippen LogP contribution < -0.4 is 0 Å². The Bertz CT molecular complexity index is 906. The molecule has 0 saturated heterocycles. The van der Waals surface area contributed by atoms with E-state index >= 15 is 0 Å². The zero-order valence-corrected chi connectivity index (χ0v) is 12.1. The van der Waals surface area contributed by atoms with Crippen molar-refractivity contribution in [3.63, 3.8) is 0 Å². The van der Waals surface area contributed by atoms with Crippen molar-refractivity contribution >= 4 is 11.2 Å². The second-order valence-electron chi connectivity index (χ2n) is 4.98. The number of benzene rings is 1. The van der Waals surface area contributed by atoms with E-state index in [1.54, 1.807) is 13.8 Å². The molecule has 0 aliphatic rings. The highest BCUT2D eigenvalue weighted by atomic mass is 19.4. The van der Waals surface area contributed by atoms with Gasteiger partial charge in [-0.1, -0.05) is 0 Å². The highest BCUT2D eigenvalue weighted by molar-refractivity contribution is 5.86. The molecule has 2 aromatic heterocycles. The maximum Gasteiger partial charge on any atom is 0.416 e. The zero-order chi connectivity index (χ0) is 16.8. The number of rotatable bonds is 1. The maximum atomic E-state index is 14.2. The van der Waals surface area contributed by atoms with Crippen LogP contribution in [0.25, 0.3) is 22.4 Å². The van der Waals surface area contributed by atoms with Gasteiger partial charge in [-0.15, -0.1) is 0 Å². The summed E-state index contributed by atoms with van der Waals surface area (Å²) in [7, 11) is 0. The fourth-order valence-electron chi connectivity index (χ4n) is 2.12. The summed E-state index contributed by atoms with van der Waals surface area (Å²) in [4.78, 5) is 16.5. The van der Waals surface area contributed by atoms with Crippen molar-refractivity contribution in [1.82, 2.24) is 19.9 Å². The number of aryl methyl sites for hydroxylation is 2. The molecule has 0 aliphatic carbocycles. The van der Waals surface area contributed by atoms with Crippen LogP contribution in [0, 0.1) is 19.7 Å². The van der Waals surface area contributed by atoms with E-state index in [2.05, 4.69) is 19.9 Å². The first kappa shape index (κ1) is 15.3. The van der Waals surface area contributed by atoms with Crippen LogP contribution in [0.5, 0.6) is 0 Å². The monoisotopic (exact) mass is 322 g/mol. The molecule has 3 aromatic rings. The molecule has 0 radical (unpaired) electrons. The van der Waals surface area contributed by atoms with Crippen LogP contribution >= 0.6 is 0 Å². The molecule has 0 bridgehead atoms. The Morgan fingerprint density at radius 1 is 0.957 bits per heavy atom. The van der Waals surface area contributed by atoms with Crippen LogP contribution in [0.2, 0.25) is 0 Å². The van der Waals surface area contributed by atoms with Crippen molar-refractivity contribution in [2.24, 2.45) is 0 Å². The Morgan fingerprint density at radius 3 is 2.30 bits per heavy atom. The van der Waals surface area contributed by atoms with Crippen LogP contribution in [0.1, 0.15) is 17.0 Å². The van der Waals surface area contributed by atoms with Gasteiger partial charge in [-0.05, 0) is 32.0 Å². The fourth-order valence-corrected chi connectivity index (χ4v) is 2.12. The first-order valence-electron chi connectivity index (χ1n) is 6.60. The summed E-state index contributed by atoms with van der Waals surface area (Å²) in [6.07, 6.45) is -3.43. The van der Waals surface area contributed by atoms with Gasteiger partial charge in [-0.2, -0.15) is 13.2 Å². The summed E-state index contributed by atoms with van der Waals surface area (Å²) in [5.74, 6) is -1.03. The van der Waals surface area contributed by atoms with E-state index in [9.17, 15) is 17.6 Å². The first-order valence-corrected chi connectivity index (χ1v) is 6.60. The summed E-state index contributed by atoms with van der Waals surface area (Å²) in [6, 6.07) is 2.29. The van der Waals surface area contributed by atoms with Crippen LogP contribution in [-0.4, -0.2) is 19.9 Å². The third kappa shape index (κ3) is 2.71. The molecule has 0 fully saturated rings. The zero-order valence-electron chi connectivity index (χ0n) is 12.1. The van der Waals surface area contributed by atoms with Gasteiger partial charge in [0.2, 0.25) is 0 Å². The number of nitrogens with zero attached hydrogens (tertiary/aromatic N) is 4. The molecule has 118 valence electrons. The van der Waals surface area contributed by atoms with E-state index in [-0.39, 0.29) is 22.4 Å². The van der Waals surface area contributed by atoms with Gasteiger partial charge in [-0.25, -0.2) is 24.3 Å². The molecule has 3 rings (SSSR count). The molecule has 23 heavy (non-hydrogen) atoms. The Morgan fingerprint density at radius 2 is 1.65 bits per heavy atom. The lowest BCUT2D eigenvalue weighted by Gasteiger charge is -2.10. The average molecular weight is 322 g/mol. The van der Waals surface area contributed by atoms with Gasteiger partial charge in [0.15, 0.2) is 5.65 Å². The Hall–Kier alpha value is -2.64. The molecule has 0 amide bonds. The highest BCUT2D eigenvalue weighted by Gasteiger charge is 2.31. The quantitative estimate of drug-likeness (QED) is 0.638. The van der Waals surface area contributed by atoms with E-state index in [4.69, 9.17) is 0 Å². The first-order chi connectivity index (χ1) is 10.8. The fraction of sp³-hybridized carbons (Fsp3) is 0.200. The number of halogens is 4. The minimum Gasteiger partial charge on any atom is -0.246 e. The van der Waals surface area contributed by atoms with Gasteiger partial charge < -0.3 is 0 Å². The van der Waals surface area contributed by atoms with Gasteiger partial charge in [0.1, 0.15) is 23.4 Å². The van der Waals surface area contributed by atoms with E-state index in [0.29, 0.717) is 17.5 Å². The molecule has 0 unspecified atom stereocenters. The lowest BCUT2D eigenvalue weighted by atomic mass is 10.1. The molecule has 0 saturated carbocycles. The third-order valence-electron chi connectivity index (χ3n) is 3.43. The number of fused-ring (bicyclic) bond motifs is 1. The van der Waals surface area contributed by atoms with Crippen molar-refractivity contribution < 1.29 is 17.6 Å². The summed E-state index contributed by atoms with van der Waals surface area (Å²) in [6.45, 7) is 3.48. The lowest BCUT2D eigenvalue weighted by Crippen LogP contribution is -2.06. The van der Waals surface area contributed by atoms with Crippen LogP contribution in [-0.2, 0) is 6.18 Å². The Balaban J connectivity index is 2.23. The second-order valence-corrected chi connectivity index (χ2v) is 4.98. The second kappa shape index (κ2) is 5.22. The molecular formula is C15H10F4N4. The van der Waals surface area contributed by atoms with Crippen molar-refractivity contribution in [1.29, 1.82) is 0 Å². The molecule has 0 N–H and O–H groups in total. The number of hydrogen-bond acceptors (Lipinski definition) is 4. The van der Waals surface area contributed by atoms with E-state index in [0.717, 1.165) is 12.1 Å². The minimum absolute atomic E-state index is 0.0806. The molecule has 1 aromatic carbocycles. The predicted molar refractivity (Wildman–Crippen MR) is 75.0 cm³/mol. The largest absolute Gasteiger partial charge is 0.416 e. The Labute approximate surface area is 128 Å². The van der Waals surface area contributed by atoms with E-state index in [1.165, 1.54) is 6.33 Å². The summed E-state index contributed by atoms with van der Waals surface area (Å²) in [5, 5.41) is 0. The Kier molecular flexibility index (Phi) is 3.46. The number of aromatic nitrogens is 4. The molecule has 4 nitrogen and oxygen atoms in total. The van der Waals surface area contributed by atoms with Crippen molar-refractivity contribution in [2.75, 3.05) is 0 Å². The van der Waals surface area contributed by atoms with Crippen molar-refractivity contribution in [3.05, 3.63) is 47.3 Å². The van der Waals surface area contributed by atoms with Crippen molar-refractivity contribution in [3.8, 4) is 11.3 Å². The standard InChI is InChI=1S/C15H10F4N4/c1-7-8(2)23-14-13(22-7)12(20-6-21-14)10-4-3-9(5-11(10)16)15(17,18)19/h3-6H,1-2H3. The summed E-state index contributed by atoms with van der Waals surface area (Å²) in [5.41, 5.74) is 0.748. The molecule has 0 atom stereocenters. The van der Waals surface area contributed by atoms with Gasteiger partial charge in [0, 0.05) is 5.56 Å². The van der Waals surface area contributed by atoms with Gasteiger partial charge in [0.25, 0.3) is 0 Å².